The second-order valence-electron chi connectivity index (χ2n) is 4.02. The zero-order chi connectivity index (χ0) is 12.4. The Kier molecular flexibility index (Phi) is 3.38. The Balaban J connectivity index is 2.13. The van der Waals surface area contributed by atoms with Crippen LogP contribution in [0.3, 0.4) is 0 Å². The van der Waals surface area contributed by atoms with Gasteiger partial charge in [-0.15, -0.1) is 0 Å². The van der Waals surface area contributed by atoms with Gasteiger partial charge in [-0.05, 0) is 43.7 Å². The van der Waals surface area contributed by atoms with Gasteiger partial charge in [0.05, 0.1) is 6.54 Å². The van der Waals surface area contributed by atoms with E-state index in [9.17, 15) is 4.39 Å². The van der Waals surface area contributed by atoms with E-state index in [2.05, 4.69) is 5.43 Å². The molecule has 4 heteroatoms. The molecule has 0 spiro atoms. The van der Waals surface area contributed by atoms with E-state index >= 15 is 0 Å². The molecule has 0 atom stereocenters. The van der Waals surface area contributed by atoms with E-state index in [0.29, 0.717) is 11.6 Å². The second-order valence-corrected chi connectivity index (χ2v) is 4.43. The number of benzene rings is 1. The lowest BCUT2D eigenvalue weighted by atomic mass is 10.2. The number of hydrogen-bond donors (Lipinski definition) is 1. The van der Waals surface area contributed by atoms with Crippen LogP contribution < -0.4 is 5.43 Å². The van der Waals surface area contributed by atoms with Crippen LogP contribution in [0.1, 0.15) is 17.0 Å². The maximum atomic E-state index is 12.9. The fourth-order valence-electron chi connectivity index (χ4n) is 1.75. The Morgan fingerprint density at radius 3 is 2.41 bits per heavy atom. The molecular weight excluding hydrogens is 239 g/mol. The highest BCUT2D eigenvalue weighted by Gasteiger charge is 2.04. The first-order valence-corrected chi connectivity index (χ1v) is 5.78. The maximum Gasteiger partial charge on any atom is 0.124 e. The predicted octanol–water partition coefficient (Wildman–Crippen LogP) is 3.64. The molecule has 1 N–H and O–H groups in total. The van der Waals surface area contributed by atoms with Crippen molar-refractivity contribution in [1.29, 1.82) is 0 Å². The van der Waals surface area contributed by atoms with Gasteiger partial charge in [-0.1, -0.05) is 17.7 Å². The second kappa shape index (κ2) is 4.80. The Morgan fingerprint density at radius 2 is 1.82 bits per heavy atom. The third-order valence-electron chi connectivity index (χ3n) is 2.71. The summed E-state index contributed by atoms with van der Waals surface area (Å²) in [7, 11) is 0. The van der Waals surface area contributed by atoms with Crippen molar-refractivity contribution < 1.29 is 4.39 Å². The van der Waals surface area contributed by atoms with Gasteiger partial charge in [0.1, 0.15) is 5.82 Å². The number of aromatic nitrogens is 1. The number of rotatable bonds is 3. The first-order chi connectivity index (χ1) is 8.08. The topological polar surface area (TPSA) is 17.0 Å². The highest BCUT2D eigenvalue weighted by molar-refractivity contribution is 6.31. The molecule has 90 valence electrons. The molecule has 1 heterocycles. The van der Waals surface area contributed by atoms with Crippen LogP contribution in [-0.2, 0) is 6.54 Å². The molecule has 0 amide bonds. The maximum absolute atomic E-state index is 12.9. The van der Waals surface area contributed by atoms with Crippen LogP contribution in [0.4, 0.5) is 4.39 Å². The molecule has 2 aromatic rings. The first kappa shape index (κ1) is 12.0. The fraction of sp³-hybridized carbons (Fsp3) is 0.231. The van der Waals surface area contributed by atoms with Crippen molar-refractivity contribution in [1.82, 2.24) is 4.68 Å². The molecule has 0 aliphatic carbocycles. The summed E-state index contributed by atoms with van der Waals surface area (Å²) in [5, 5.41) is 0.444. The van der Waals surface area contributed by atoms with E-state index in [1.165, 1.54) is 12.1 Å². The van der Waals surface area contributed by atoms with Gasteiger partial charge in [0.2, 0.25) is 0 Å². The van der Waals surface area contributed by atoms with Crippen molar-refractivity contribution in [3.63, 3.8) is 0 Å². The van der Waals surface area contributed by atoms with Crippen molar-refractivity contribution in [3.8, 4) is 0 Å². The summed E-state index contributed by atoms with van der Waals surface area (Å²) < 4.78 is 14.9. The van der Waals surface area contributed by atoms with E-state index in [0.717, 1.165) is 17.0 Å². The number of nitrogens with zero attached hydrogens (tertiary/aromatic N) is 1. The molecule has 0 saturated heterocycles. The predicted molar refractivity (Wildman–Crippen MR) is 68.4 cm³/mol. The van der Waals surface area contributed by atoms with E-state index in [1.807, 2.05) is 30.7 Å². The van der Waals surface area contributed by atoms with Gasteiger partial charge in [0.25, 0.3) is 0 Å². The molecule has 0 radical (unpaired) electrons. The molecule has 2 nitrogen and oxygen atoms in total. The van der Waals surface area contributed by atoms with Crippen LogP contribution in [0.25, 0.3) is 0 Å². The van der Waals surface area contributed by atoms with E-state index in [4.69, 9.17) is 11.6 Å². The summed E-state index contributed by atoms with van der Waals surface area (Å²) in [6, 6.07) is 8.51. The number of aryl methyl sites for hydroxylation is 2. The lowest BCUT2D eigenvalue weighted by Gasteiger charge is -2.13. The molecule has 1 aromatic carbocycles. The van der Waals surface area contributed by atoms with E-state index < -0.39 is 0 Å². The molecule has 0 unspecified atom stereocenters. The molecule has 0 aliphatic heterocycles. The zero-order valence-electron chi connectivity index (χ0n) is 9.80. The van der Waals surface area contributed by atoms with Crippen LogP contribution >= 0.6 is 11.6 Å². The summed E-state index contributed by atoms with van der Waals surface area (Å²) >= 11 is 5.96. The molecular formula is C13H14ClFN2. The smallest absolute Gasteiger partial charge is 0.124 e. The van der Waals surface area contributed by atoms with Gasteiger partial charge in [-0.25, -0.2) is 4.39 Å². The zero-order valence-corrected chi connectivity index (χ0v) is 10.6. The minimum atomic E-state index is -0.313. The highest BCUT2D eigenvalue weighted by Crippen LogP contribution is 2.17. The van der Waals surface area contributed by atoms with Crippen molar-refractivity contribution in [2.75, 3.05) is 5.43 Å². The number of halogens is 2. The van der Waals surface area contributed by atoms with Crippen LogP contribution in [0.15, 0.2) is 30.3 Å². The Hall–Kier alpha value is -1.48. The van der Waals surface area contributed by atoms with E-state index in [-0.39, 0.29) is 5.82 Å². The highest BCUT2D eigenvalue weighted by atomic mass is 35.5. The van der Waals surface area contributed by atoms with Gasteiger partial charge in [0, 0.05) is 16.4 Å². The SMILES string of the molecule is Cc1ccc(C)n1NCc1ccc(F)cc1Cl. The first-order valence-electron chi connectivity index (χ1n) is 5.40. The van der Waals surface area contributed by atoms with Gasteiger partial charge in [-0.2, -0.15) is 0 Å². The lowest BCUT2D eigenvalue weighted by Crippen LogP contribution is -2.17. The molecule has 17 heavy (non-hydrogen) atoms. The minimum absolute atomic E-state index is 0.313. The van der Waals surface area contributed by atoms with Crippen molar-refractivity contribution in [2.24, 2.45) is 0 Å². The summed E-state index contributed by atoms with van der Waals surface area (Å²) in [5.41, 5.74) is 6.37. The van der Waals surface area contributed by atoms with Crippen molar-refractivity contribution in [2.45, 2.75) is 20.4 Å². The third kappa shape index (κ3) is 2.61. The standard InChI is InChI=1S/C13H14ClFN2/c1-9-3-4-10(2)17(9)16-8-11-5-6-12(15)7-13(11)14/h3-7,16H,8H2,1-2H3. The van der Waals surface area contributed by atoms with Crippen LogP contribution in [0.2, 0.25) is 5.02 Å². The van der Waals surface area contributed by atoms with Gasteiger partial charge >= 0.3 is 0 Å². The Morgan fingerprint density at radius 1 is 1.18 bits per heavy atom. The average Bonchev–Trinajstić information content (AvgIpc) is 2.58. The van der Waals surface area contributed by atoms with Crippen LogP contribution in [0, 0.1) is 19.7 Å². The fourth-order valence-corrected chi connectivity index (χ4v) is 1.98. The van der Waals surface area contributed by atoms with Gasteiger partial charge in [0.15, 0.2) is 0 Å². The van der Waals surface area contributed by atoms with Crippen LogP contribution in [0.5, 0.6) is 0 Å². The number of nitrogens with one attached hydrogen (secondary N) is 1. The normalized spacial score (nSPS) is 10.6. The third-order valence-corrected chi connectivity index (χ3v) is 3.07. The summed E-state index contributed by atoms with van der Waals surface area (Å²) in [6.45, 7) is 4.61. The monoisotopic (exact) mass is 252 g/mol. The summed E-state index contributed by atoms with van der Waals surface area (Å²) in [4.78, 5) is 0. The minimum Gasteiger partial charge on any atom is -0.321 e. The van der Waals surface area contributed by atoms with Crippen molar-refractivity contribution >= 4 is 11.6 Å². The van der Waals surface area contributed by atoms with Crippen molar-refractivity contribution in [3.05, 3.63) is 58.1 Å². The lowest BCUT2D eigenvalue weighted by molar-refractivity contribution is 0.627. The Bertz CT molecular complexity index is 515. The summed E-state index contributed by atoms with van der Waals surface area (Å²) in [5.74, 6) is -0.313. The summed E-state index contributed by atoms with van der Waals surface area (Å²) in [6.07, 6.45) is 0. The largest absolute Gasteiger partial charge is 0.321 e. The molecule has 0 bridgehead atoms. The molecule has 1 aromatic heterocycles. The van der Waals surface area contributed by atoms with Gasteiger partial charge < -0.3 is 5.43 Å². The van der Waals surface area contributed by atoms with E-state index in [1.54, 1.807) is 6.07 Å². The molecule has 0 fully saturated rings. The van der Waals surface area contributed by atoms with Gasteiger partial charge in [-0.3, -0.25) is 4.68 Å². The molecule has 0 aliphatic rings. The Labute approximate surface area is 105 Å². The van der Waals surface area contributed by atoms with Crippen LogP contribution in [-0.4, -0.2) is 4.68 Å². The average molecular weight is 253 g/mol. The number of hydrogen-bond acceptors (Lipinski definition) is 1. The quantitative estimate of drug-likeness (QED) is 0.883. The molecule has 0 saturated carbocycles. The molecule has 2 rings (SSSR count).